The monoisotopic (exact) mass is 369 g/mol. The summed E-state index contributed by atoms with van der Waals surface area (Å²) in [5.74, 6) is 1.27. The van der Waals surface area contributed by atoms with Crippen molar-refractivity contribution in [1.29, 1.82) is 0 Å². The number of hydrogen-bond donors (Lipinski definition) is 2. The molecule has 4 rings (SSSR count). The molecule has 0 radical (unpaired) electrons. The molecule has 1 saturated carbocycles. The van der Waals surface area contributed by atoms with Crippen molar-refractivity contribution in [1.82, 2.24) is 19.6 Å². The Labute approximate surface area is 159 Å². The lowest BCUT2D eigenvalue weighted by Crippen LogP contribution is -2.49. The predicted octanol–water partition coefficient (Wildman–Crippen LogP) is 1.30. The molecule has 0 spiro atoms. The molecule has 0 unspecified atom stereocenters. The maximum atomic E-state index is 12.6. The fourth-order valence-electron chi connectivity index (χ4n) is 3.53. The van der Waals surface area contributed by atoms with Gasteiger partial charge in [0.05, 0.1) is 24.5 Å². The van der Waals surface area contributed by atoms with Crippen LogP contribution in [0.2, 0.25) is 0 Å². The second-order valence-corrected chi connectivity index (χ2v) is 7.37. The summed E-state index contributed by atoms with van der Waals surface area (Å²) in [6, 6.07) is 11.9. The largest absolute Gasteiger partial charge is 0.395 e. The smallest absolute Gasteiger partial charge is 0.239 e. The van der Waals surface area contributed by atoms with Gasteiger partial charge in [0.15, 0.2) is 0 Å². The van der Waals surface area contributed by atoms with E-state index in [2.05, 4.69) is 15.1 Å². The number of hydrogen-bond acceptors (Lipinski definition) is 5. The van der Waals surface area contributed by atoms with E-state index in [1.807, 2.05) is 41.1 Å². The molecule has 2 fully saturated rings. The number of piperazine rings is 1. The third-order valence-electron chi connectivity index (χ3n) is 5.24. The number of benzene rings is 1. The zero-order valence-electron chi connectivity index (χ0n) is 15.5. The van der Waals surface area contributed by atoms with E-state index >= 15 is 0 Å². The summed E-state index contributed by atoms with van der Waals surface area (Å²) in [6.07, 6.45) is 2.36. The molecule has 1 amide bonds. The number of nitrogens with one attached hydrogen (secondary N) is 1. The van der Waals surface area contributed by atoms with Gasteiger partial charge in [-0.1, -0.05) is 18.2 Å². The van der Waals surface area contributed by atoms with Crippen LogP contribution >= 0.6 is 0 Å². The van der Waals surface area contributed by atoms with Gasteiger partial charge in [0.2, 0.25) is 5.91 Å². The number of aliphatic hydroxyl groups is 1. The molecular formula is C20H27N5O2. The molecule has 1 aliphatic carbocycles. The van der Waals surface area contributed by atoms with Gasteiger partial charge < -0.3 is 10.4 Å². The van der Waals surface area contributed by atoms with E-state index in [-0.39, 0.29) is 12.5 Å². The highest BCUT2D eigenvalue weighted by molar-refractivity contribution is 5.91. The van der Waals surface area contributed by atoms with Crippen molar-refractivity contribution in [2.24, 2.45) is 0 Å². The van der Waals surface area contributed by atoms with E-state index in [1.165, 1.54) is 12.8 Å². The van der Waals surface area contributed by atoms with E-state index in [9.17, 15) is 4.79 Å². The second-order valence-electron chi connectivity index (χ2n) is 7.37. The Bertz CT molecular complexity index is 764. The van der Waals surface area contributed by atoms with E-state index in [0.29, 0.717) is 19.0 Å². The first kappa shape index (κ1) is 18.2. The topological polar surface area (TPSA) is 73.6 Å². The van der Waals surface area contributed by atoms with Crippen molar-refractivity contribution >= 4 is 11.7 Å². The Hall–Kier alpha value is -2.22. The van der Waals surface area contributed by atoms with Gasteiger partial charge in [0, 0.05) is 44.7 Å². The molecular weight excluding hydrogens is 342 g/mol. The number of nitrogens with zero attached hydrogens (tertiary/aromatic N) is 4. The number of aromatic nitrogens is 2. The molecule has 1 saturated heterocycles. The normalized spacial score (nSPS) is 18.6. The number of anilines is 1. The van der Waals surface area contributed by atoms with Gasteiger partial charge in [-0.25, -0.2) is 4.68 Å². The fourth-order valence-corrected chi connectivity index (χ4v) is 3.53. The molecule has 1 aromatic carbocycles. The van der Waals surface area contributed by atoms with Gasteiger partial charge in [0.1, 0.15) is 5.82 Å². The van der Waals surface area contributed by atoms with E-state index < -0.39 is 0 Å². The van der Waals surface area contributed by atoms with Crippen molar-refractivity contribution < 1.29 is 9.90 Å². The van der Waals surface area contributed by atoms with Crippen LogP contribution in [0.25, 0.3) is 5.69 Å². The first-order valence-corrected chi connectivity index (χ1v) is 9.74. The van der Waals surface area contributed by atoms with Crippen molar-refractivity contribution in [2.75, 3.05) is 51.2 Å². The SMILES string of the molecule is O=C(CN1CCN(CCO)CC1)Nc1cc(C2CC2)nn1-c1ccccc1. The fraction of sp³-hybridized carbons (Fsp3) is 0.500. The van der Waals surface area contributed by atoms with Crippen LogP contribution in [-0.2, 0) is 4.79 Å². The summed E-state index contributed by atoms with van der Waals surface area (Å²) >= 11 is 0. The number of rotatable bonds is 7. The van der Waals surface area contributed by atoms with Crippen LogP contribution in [0.4, 0.5) is 5.82 Å². The summed E-state index contributed by atoms with van der Waals surface area (Å²) in [5, 5.41) is 16.8. The molecule has 2 aromatic rings. The molecule has 1 aromatic heterocycles. The molecule has 27 heavy (non-hydrogen) atoms. The van der Waals surface area contributed by atoms with Crippen LogP contribution in [0.15, 0.2) is 36.4 Å². The standard InChI is InChI=1S/C20H27N5O2/c26-13-12-23-8-10-24(11-9-23)15-20(27)21-19-14-18(16-6-7-16)22-25(19)17-4-2-1-3-5-17/h1-5,14,16,26H,6-13,15H2,(H,21,27). The Morgan fingerprint density at radius 3 is 2.48 bits per heavy atom. The molecule has 2 N–H and O–H groups in total. The zero-order valence-corrected chi connectivity index (χ0v) is 15.5. The molecule has 2 heterocycles. The average molecular weight is 369 g/mol. The van der Waals surface area contributed by atoms with Crippen molar-refractivity contribution in [3.8, 4) is 5.69 Å². The lowest BCUT2D eigenvalue weighted by molar-refractivity contribution is -0.117. The molecule has 144 valence electrons. The van der Waals surface area contributed by atoms with Gasteiger partial charge in [-0.2, -0.15) is 5.10 Å². The van der Waals surface area contributed by atoms with Crippen LogP contribution in [0.3, 0.4) is 0 Å². The molecule has 0 atom stereocenters. The molecule has 1 aliphatic heterocycles. The lowest BCUT2D eigenvalue weighted by Gasteiger charge is -2.33. The Morgan fingerprint density at radius 2 is 1.81 bits per heavy atom. The number of amides is 1. The van der Waals surface area contributed by atoms with Crippen LogP contribution in [0, 0.1) is 0 Å². The Balaban J connectivity index is 1.41. The highest BCUT2D eigenvalue weighted by atomic mass is 16.3. The quantitative estimate of drug-likeness (QED) is 0.770. The Kier molecular flexibility index (Phi) is 5.52. The third kappa shape index (κ3) is 4.55. The highest BCUT2D eigenvalue weighted by Crippen LogP contribution is 2.40. The minimum absolute atomic E-state index is 0.00923. The zero-order chi connectivity index (χ0) is 18.6. The molecule has 7 heteroatoms. The van der Waals surface area contributed by atoms with Crippen molar-refractivity contribution in [3.05, 3.63) is 42.1 Å². The third-order valence-corrected chi connectivity index (χ3v) is 5.24. The van der Waals surface area contributed by atoms with Crippen molar-refractivity contribution in [3.63, 3.8) is 0 Å². The molecule has 2 aliphatic rings. The summed E-state index contributed by atoms with van der Waals surface area (Å²) in [7, 11) is 0. The predicted molar refractivity (Wildman–Crippen MR) is 104 cm³/mol. The lowest BCUT2D eigenvalue weighted by atomic mass is 10.3. The number of para-hydroxylation sites is 1. The van der Waals surface area contributed by atoms with Gasteiger partial charge in [0.25, 0.3) is 0 Å². The molecule has 0 bridgehead atoms. The minimum Gasteiger partial charge on any atom is -0.395 e. The second kappa shape index (κ2) is 8.21. The van der Waals surface area contributed by atoms with Crippen LogP contribution in [0.5, 0.6) is 0 Å². The number of carbonyl (C=O) groups is 1. The summed E-state index contributed by atoms with van der Waals surface area (Å²) in [6.45, 7) is 4.75. The van der Waals surface area contributed by atoms with Gasteiger partial charge in [-0.3, -0.25) is 14.6 Å². The number of β-amino-alcohol motifs (C(OH)–C–C–N with tert-alkyl or cyclic N) is 1. The first-order valence-electron chi connectivity index (χ1n) is 9.74. The van der Waals surface area contributed by atoms with Crippen LogP contribution < -0.4 is 5.32 Å². The van der Waals surface area contributed by atoms with Gasteiger partial charge in [-0.15, -0.1) is 0 Å². The van der Waals surface area contributed by atoms with E-state index in [4.69, 9.17) is 10.2 Å². The maximum Gasteiger partial charge on any atom is 0.239 e. The Morgan fingerprint density at radius 1 is 1.11 bits per heavy atom. The summed E-state index contributed by atoms with van der Waals surface area (Å²) < 4.78 is 1.84. The summed E-state index contributed by atoms with van der Waals surface area (Å²) in [4.78, 5) is 17.0. The van der Waals surface area contributed by atoms with Gasteiger partial charge >= 0.3 is 0 Å². The van der Waals surface area contributed by atoms with E-state index in [0.717, 1.165) is 43.4 Å². The highest BCUT2D eigenvalue weighted by Gasteiger charge is 2.28. The average Bonchev–Trinajstić information content (AvgIpc) is 3.45. The van der Waals surface area contributed by atoms with E-state index in [1.54, 1.807) is 0 Å². The van der Waals surface area contributed by atoms with Crippen LogP contribution in [-0.4, -0.2) is 76.5 Å². The maximum absolute atomic E-state index is 12.6. The number of carbonyl (C=O) groups excluding carboxylic acids is 1. The summed E-state index contributed by atoms with van der Waals surface area (Å²) in [5.41, 5.74) is 2.02. The first-order chi connectivity index (χ1) is 13.2. The number of aliphatic hydroxyl groups excluding tert-OH is 1. The molecule has 7 nitrogen and oxygen atoms in total. The van der Waals surface area contributed by atoms with Crippen LogP contribution in [0.1, 0.15) is 24.5 Å². The van der Waals surface area contributed by atoms with Gasteiger partial charge in [-0.05, 0) is 25.0 Å². The van der Waals surface area contributed by atoms with Crippen molar-refractivity contribution in [2.45, 2.75) is 18.8 Å². The minimum atomic E-state index is -0.00923.